The lowest BCUT2D eigenvalue weighted by atomic mass is 10.1. The molecule has 0 amide bonds. The molecule has 0 spiro atoms. The van der Waals surface area contributed by atoms with Gasteiger partial charge in [-0.05, 0) is 13.0 Å². The van der Waals surface area contributed by atoms with Crippen LogP contribution in [0.25, 0.3) is 0 Å². The number of methoxy groups -OCH3 is 1. The second kappa shape index (κ2) is 4.13. The summed E-state index contributed by atoms with van der Waals surface area (Å²) in [5.41, 5.74) is 0. The molecule has 9 heavy (non-hydrogen) atoms. The van der Waals surface area contributed by atoms with Crippen LogP contribution < -0.4 is 0 Å². The van der Waals surface area contributed by atoms with Crippen LogP contribution in [0.5, 0.6) is 0 Å². The third-order valence-electron chi connectivity index (χ3n) is 1.14. The third-order valence-corrected chi connectivity index (χ3v) is 1.14. The number of ether oxygens (including phenoxy) is 1. The predicted molar refractivity (Wildman–Crippen MR) is 36.0 cm³/mol. The molecular weight excluding hydrogens is 116 g/mol. The highest BCUT2D eigenvalue weighted by atomic mass is 16.5. The molecule has 0 rings (SSSR count). The van der Waals surface area contributed by atoms with Crippen LogP contribution in [0.4, 0.5) is 0 Å². The highest BCUT2D eigenvalue weighted by molar-refractivity contribution is 5.79. The number of allylic oxidation sites excluding steroid dienone is 1. The normalized spacial score (nSPS) is 13.7. The maximum Gasteiger partial charge on any atom is 0.136 e. The van der Waals surface area contributed by atoms with E-state index in [1.165, 1.54) is 6.26 Å². The molecule has 1 unspecified atom stereocenters. The maximum absolute atomic E-state index is 10.5. The van der Waals surface area contributed by atoms with Crippen molar-refractivity contribution in [3.8, 4) is 0 Å². The van der Waals surface area contributed by atoms with E-state index in [2.05, 4.69) is 4.74 Å². The molecule has 0 aliphatic heterocycles. The third kappa shape index (κ3) is 3.76. The van der Waals surface area contributed by atoms with Crippen molar-refractivity contribution < 1.29 is 9.53 Å². The first-order chi connectivity index (χ1) is 4.18. The number of rotatable bonds is 3. The number of hydrogen-bond donors (Lipinski definition) is 0. The molecule has 0 saturated heterocycles. The lowest BCUT2D eigenvalue weighted by Gasteiger charge is -1.96. The van der Waals surface area contributed by atoms with E-state index in [0.29, 0.717) is 0 Å². The molecule has 1 atom stereocenters. The van der Waals surface area contributed by atoms with Crippen molar-refractivity contribution in [2.24, 2.45) is 5.92 Å². The Labute approximate surface area is 55.5 Å². The van der Waals surface area contributed by atoms with Crippen molar-refractivity contribution in [2.75, 3.05) is 7.11 Å². The fourth-order valence-corrected chi connectivity index (χ4v) is 0.332. The van der Waals surface area contributed by atoms with Gasteiger partial charge in [-0.2, -0.15) is 0 Å². The van der Waals surface area contributed by atoms with Crippen LogP contribution in [0.2, 0.25) is 0 Å². The Morgan fingerprint density at radius 3 is 2.56 bits per heavy atom. The fraction of sp³-hybridized carbons (Fsp3) is 0.571. The number of carbonyl (C=O) groups is 1. The van der Waals surface area contributed by atoms with E-state index in [0.717, 1.165) is 0 Å². The van der Waals surface area contributed by atoms with Gasteiger partial charge in [-0.25, -0.2) is 0 Å². The summed E-state index contributed by atoms with van der Waals surface area (Å²) in [6, 6.07) is 0. The van der Waals surface area contributed by atoms with Crippen molar-refractivity contribution in [3.63, 3.8) is 0 Å². The Morgan fingerprint density at radius 1 is 1.67 bits per heavy atom. The number of Topliss-reactive ketones (excluding diaryl/α,β-unsaturated/α-hetero) is 1. The van der Waals surface area contributed by atoms with E-state index < -0.39 is 0 Å². The fourth-order valence-electron chi connectivity index (χ4n) is 0.332. The highest BCUT2D eigenvalue weighted by Crippen LogP contribution is 1.97. The average Bonchev–Trinajstić information content (AvgIpc) is 1.82. The molecule has 0 fully saturated rings. The van der Waals surface area contributed by atoms with Crippen molar-refractivity contribution >= 4 is 5.78 Å². The van der Waals surface area contributed by atoms with Gasteiger partial charge < -0.3 is 4.74 Å². The Hall–Kier alpha value is -0.790. The van der Waals surface area contributed by atoms with E-state index >= 15 is 0 Å². The molecule has 0 bridgehead atoms. The Kier molecular flexibility index (Phi) is 3.76. The Balaban J connectivity index is 3.62. The standard InChI is InChI=1S/C7H12O2/c1-6(7(2)8)4-5-9-3/h4-6H,1-3H3/b5-4-. The Morgan fingerprint density at radius 2 is 2.22 bits per heavy atom. The topological polar surface area (TPSA) is 26.3 Å². The predicted octanol–water partition coefficient (Wildman–Crippen LogP) is 1.37. The summed E-state index contributed by atoms with van der Waals surface area (Å²) in [6.45, 7) is 3.39. The first kappa shape index (κ1) is 8.21. The summed E-state index contributed by atoms with van der Waals surface area (Å²) in [5.74, 6) is 0.133. The lowest BCUT2D eigenvalue weighted by Crippen LogP contribution is -2.01. The molecule has 52 valence electrons. The molecule has 0 saturated carbocycles. The second-order valence-electron chi connectivity index (χ2n) is 1.96. The molecular formula is C7H12O2. The second-order valence-corrected chi connectivity index (χ2v) is 1.96. The zero-order chi connectivity index (χ0) is 7.28. The number of hydrogen-bond acceptors (Lipinski definition) is 2. The summed E-state index contributed by atoms with van der Waals surface area (Å²) < 4.78 is 4.63. The van der Waals surface area contributed by atoms with Gasteiger partial charge in [-0.3, -0.25) is 4.79 Å². The van der Waals surface area contributed by atoms with Gasteiger partial charge in [0.15, 0.2) is 0 Å². The summed E-state index contributed by atoms with van der Waals surface area (Å²) >= 11 is 0. The minimum Gasteiger partial charge on any atom is -0.505 e. The minimum absolute atomic E-state index is 0.0232. The van der Waals surface area contributed by atoms with Crippen LogP contribution in [0.15, 0.2) is 12.3 Å². The number of carbonyl (C=O) groups excluding carboxylic acids is 1. The van der Waals surface area contributed by atoms with Gasteiger partial charge in [0.05, 0.1) is 13.4 Å². The first-order valence-electron chi connectivity index (χ1n) is 2.88. The molecule has 0 aromatic rings. The van der Waals surface area contributed by atoms with E-state index in [-0.39, 0.29) is 11.7 Å². The van der Waals surface area contributed by atoms with Crippen LogP contribution in [-0.2, 0) is 9.53 Å². The van der Waals surface area contributed by atoms with Gasteiger partial charge in [0, 0.05) is 5.92 Å². The van der Waals surface area contributed by atoms with E-state index in [4.69, 9.17) is 0 Å². The molecule has 0 aromatic carbocycles. The molecule has 2 heteroatoms. The van der Waals surface area contributed by atoms with Gasteiger partial charge >= 0.3 is 0 Å². The van der Waals surface area contributed by atoms with Crippen LogP contribution in [0.1, 0.15) is 13.8 Å². The molecule has 0 aliphatic rings. The largest absolute Gasteiger partial charge is 0.505 e. The maximum atomic E-state index is 10.5. The van der Waals surface area contributed by atoms with Gasteiger partial charge in [0.1, 0.15) is 5.78 Å². The van der Waals surface area contributed by atoms with Crippen LogP contribution in [-0.4, -0.2) is 12.9 Å². The van der Waals surface area contributed by atoms with Gasteiger partial charge in [-0.15, -0.1) is 0 Å². The molecule has 0 aromatic heterocycles. The average molecular weight is 128 g/mol. The van der Waals surface area contributed by atoms with E-state index in [9.17, 15) is 4.79 Å². The van der Waals surface area contributed by atoms with E-state index in [1.807, 2.05) is 6.92 Å². The van der Waals surface area contributed by atoms with Gasteiger partial charge in [0.2, 0.25) is 0 Å². The quantitative estimate of drug-likeness (QED) is 0.536. The van der Waals surface area contributed by atoms with Crippen LogP contribution >= 0.6 is 0 Å². The molecule has 2 nitrogen and oxygen atoms in total. The molecule has 0 heterocycles. The molecule has 0 N–H and O–H groups in total. The zero-order valence-corrected chi connectivity index (χ0v) is 6.05. The molecule has 0 radical (unpaired) electrons. The number of ketones is 1. The summed E-state index contributed by atoms with van der Waals surface area (Å²) in [6.07, 6.45) is 3.24. The van der Waals surface area contributed by atoms with Crippen molar-refractivity contribution in [3.05, 3.63) is 12.3 Å². The van der Waals surface area contributed by atoms with Gasteiger partial charge in [-0.1, -0.05) is 6.92 Å². The minimum atomic E-state index is -0.0232. The molecule has 0 aliphatic carbocycles. The highest BCUT2D eigenvalue weighted by Gasteiger charge is 2.00. The summed E-state index contributed by atoms with van der Waals surface area (Å²) in [5, 5.41) is 0. The van der Waals surface area contributed by atoms with Crippen molar-refractivity contribution in [1.82, 2.24) is 0 Å². The van der Waals surface area contributed by atoms with Crippen LogP contribution in [0.3, 0.4) is 0 Å². The summed E-state index contributed by atoms with van der Waals surface area (Å²) in [4.78, 5) is 10.5. The van der Waals surface area contributed by atoms with Crippen molar-refractivity contribution in [1.29, 1.82) is 0 Å². The SMILES string of the molecule is CO/C=C\C(C)C(C)=O. The monoisotopic (exact) mass is 128 g/mol. The Bertz CT molecular complexity index is 116. The summed E-state index contributed by atoms with van der Waals surface area (Å²) in [7, 11) is 1.56. The van der Waals surface area contributed by atoms with E-state index in [1.54, 1.807) is 20.1 Å². The zero-order valence-electron chi connectivity index (χ0n) is 6.05. The van der Waals surface area contributed by atoms with Crippen molar-refractivity contribution in [2.45, 2.75) is 13.8 Å². The first-order valence-corrected chi connectivity index (χ1v) is 2.88. The smallest absolute Gasteiger partial charge is 0.136 e. The lowest BCUT2D eigenvalue weighted by molar-refractivity contribution is -0.119. The van der Waals surface area contributed by atoms with Gasteiger partial charge in [0.25, 0.3) is 0 Å². The van der Waals surface area contributed by atoms with Crippen LogP contribution in [0, 0.1) is 5.92 Å².